The minimum atomic E-state index is -0.557. The van der Waals surface area contributed by atoms with E-state index in [1.165, 1.54) is 6.42 Å². The van der Waals surface area contributed by atoms with E-state index in [1.807, 2.05) is 36.4 Å². The second-order valence-electron chi connectivity index (χ2n) is 8.95. The first kappa shape index (κ1) is 24.9. The van der Waals surface area contributed by atoms with Crippen molar-refractivity contribution in [2.45, 2.75) is 46.0 Å². The molecule has 0 radical (unpaired) electrons. The van der Waals surface area contributed by atoms with E-state index in [1.54, 1.807) is 12.3 Å². The molecule has 2 amide bonds. The number of nitrogens with two attached hydrogens (primary N) is 1. The molecular weight excluding hydrogens is 410 g/mol. The van der Waals surface area contributed by atoms with Crippen LogP contribution in [0.3, 0.4) is 0 Å². The summed E-state index contributed by atoms with van der Waals surface area (Å²) >= 11 is 0. The lowest BCUT2D eigenvalue weighted by Crippen LogP contribution is -2.41. The summed E-state index contributed by atoms with van der Waals surface area (Å²) in [6.45, 7) is 7.06. The molecule has 2 aromatic rings. The van der Waals surface area contributed by atoms with Crippen LogP contribution in [0.25, 0.3) is 0 Å². The Morgan fingerprint density at radius 2 is 1.84 bits per heavy atom. The highest BCUT2D eigenvalue weighted by Crippen LogP contribution is 2.38. The number of hydrogen-bond donors (Lipinski definition) is 2. The summed E-state index contributed by atoms with van der Waals surface area (Å²) in [7, 11) is 0. The van der Waals surface area contributed by atoms with E-state index >= 15 is 0 Å². The fourth-order valence-corrected chi connectivity index (χ4v) is 4.83. The molecular formula is C25H34ClN3O2. The lowest BCUT2D eigenvalue weighted by molar-refractivity contribution is -0.129. The summed E-state index contributed by atoms with van der Waals surface area (Å²) in [6, 6.07) is 13.6. The van der Waals surface area contributed by atoms with Crippen LogP contribution in [0, 0.1) is 23.7 Å². The van der Waals surface area contributed by atoms with Gasteiger partial charge in [-0.2, -0.15) is 0 Å². The van der Waals surface area contributed by atoms with Crippen molar-refractivity contribution in [1.29, 1.82) is 0 Å². The van der Waals surface area contributed by atoms with Crippen molar-refractivity contribution >= 4 is 24.2 Å². The van der Waals surface area contributed by atoms with Gasteiger partial charge < -0.3 is 11.1 Å². The van der Waals surface area contributed by atoms with Gasteiger partial charge in [-0.15, -0.1) is 12.4 Å². The van der Waals surface area contributed by atoms with Crippen LogP contribution in [0.4, 0.5) is 0 Å². The van der Waals surface area contributed by atoms with Crippen LogP contribution in [0.5, 0.6) is 0 Å². The van der Waals surface area contributed by atoms with Gasteiger partial charge in [-0.05, 0) is 47.8 Å². The molecule has 168 valence electrons. The predicted octanol–water partition coefficient (Wildman–Crippen LogP) is 4.56. The Morgan fingerprint density at radius 1 is 1.13 bits per heavy atom. The third kappa shape index (κ3) is 6.07. The van der Waals surface area contributed by atoms with Gasteiger partial charge in [-0.3, -0.25) is 14.6 Å². The van der Waals surface area contributed by atoms with E-state index in [4.69, 9.17) is 5.73 Å². The number of benzene rings is 1. The van der Waals surface area contributed by atoms with Crippen LogP contribution in [0.15, 0.2) is 48.7 Å². The summed E-state index contributed by atoms with van der Waals surface area (Å²) in [5, 5.41) is 3.20. The van der Waals surface area contributed by atoms with Crippen LogP contribution in [-0.2, 0) is 4.79 Å². The monoisotopic (exact) mass is 443 g/mol. The minimum absolute atomic E-state index is 0. The van der Waals surface area contributed by atoms with E-state index in [9.17, 15) is 9.59 Å². The molecule has 0 unspecified atom stereocenters. The average Bonchev–Trinajstić information content (AvgIpc) is 2.74. The molecule has 31 heavy (non-hydrogen) atoms. The third-order valence-corrected chi connectivity index (χ3v) is 6.49. The zero-order valence-electron chi connectivity index (χ0n) is 18.6. The van der Waals surface area contributed by atoms with Crippen molar-refractivity contribution in [3.63, 3.8) is 0 Å². The molecule has 0 bridgehead atoms. The van der Waals surface area contributed by atoms with Gasteiger partial charge in [0.15, 0.2) is 0 Å². The van der Waals surface area contributed by atoms with Crippen LogP contribution in [0.1, 0.15) is 67.6 Å². The van der Waals surface area contributed by atoms with Crippen molar-refractivity contribution in [1.82, 2.24) is 10.3 Å². The van der Waals surface area contributed by atoms with E-state index in [2.05, 4.69) is 31.1 Å². The molecule has 1 aromatic heterocycles. The van der Waals surface area contributed by atoms with Crippen molar-refractivity contribution in [2.75, 3.05) is 6.54 Å². The maximum atomic E-state index is 13.2. The highest BCUT2D eigenvalue weighted by molar-refractivity contribution is 5.92. The molecule has 1 aliphatic carbocycles. The number of halogens is 1. The maximum absolute atomic E-state index is 13.2. The number of hydrogen-bond acceptors (Lipinski definition) is 3. The SMILES string of the molecule is CC(C)[C@@H]1CC[C@@H](C)C[C@H]1C(=O)NC[C@@H](c1ccccc1)c1cccnc1C(N)=O.Cl. The van der Waals surface area contributed by atoms with Crippen molar-refractivity contribution in [3.8, 4) is 0 Å². The molecule has 3 rings (SSSR count). The number of carbonyl (C=O) groups excluding carboxylic acids is 2. The van der Waals surface area contributed by atoms with E-state index in [-0.39, 0.29) is 35.8 Å². The highest BCUT2D eigenvalue weighted by atomic mass is 35.5. The fraction of sp³-hybridized carbons (Fsp3) is 0.480. The Kier molecular flexibility index (Phi) is 9.05. The molecule has 0 saturated heterocycles. The lowest BCUT2D eigenvalue weighted by atomic mass is 9.69. The molecule has 1 aromatic carbocycles. The summed E-state index contributed by atoms with van der Waals surface area (Å²) < 4.78 is 0. The second kappa shape index (κ2) is 11.3. The fourth-order valence-electron chi connectivity index (χ4n) is 4.83. The van der Waals surface area contributed by atoms with Gasteiger partial charge in [0, 0.05) is 24.6 Å². The second-order valence-corrected chi connectivity index (χ2v) is 8.95. The highest BCUT2D eigenvalue weighted by Gasteiger charge is 2.35. The minimum Gasteiger partial charge on any atom is -0.364 e. The Balaban J connectivity index is 0.00000341. The van der Waals surface area contributed by atoms with Gasteiger partial charge in [0.2, 0.25) is 5.91 Å². The number of amides is 2. The first-order valence-electron chi connectivity index (χ1n) is 11.0. The largest absolute Gasteiger partial charge is 0.364 e. The molecule has 5 nitrogen and oxygen atoms in total. The Labute approximate surface area is 191 Å². The van der Waals surface area contributed by atoms with Crippen LogP contribution in [-0.4, -0.2) is 23.3 Å². The molecule has 6 heteroatoms. The molecule has 4 atom stereocenters. The Bertz CT molecular complexity index is 872. The van der Waals surface area contributed by atoms with Crippen molar-refractivity contribution in [3.05, 3.63) is 65.5 Å². The zero-order valence-corrected chi connectivity index (χ0v) is 19.4. The molecule has 1 aliphatic rings. The quantitative estimate of drug-likeness (QED) is 0.657. The average molecular weight is 444 g/mol. The molecule has 0 aliphatic heterocycles. The first-order valence-corrected chi connectivity index (χ1v) is 11.0. The smallest absolute Gasteiger partial charge is 0.267 e. The molecule has 1 saturated carbocycles. The molecule has 3 N–H and O–H groups in total. The normalized spacial score (nSPS) is 21.7. The Morgan fingerprint density at radius 3 is 2.48 bits per heavy atom. The van der Waals surface area contributed by atoms with Gasteiger partial charge in [0.1, 0.15) is 5.69 Å². The number of carbonyl (C=O) groups is 2. The molecule has 0 spiro atoms. The number of primary amides is 1. The maximum Gasteiger partial charge on any atom is 0.267 e. The van der Waals surface area contributed by atoms with Crippen LogP contribution in [0.2, 0.25) is 0 Å². The first-order chi connectivity index (χ1) is 14.4. The standard InChI is InChI=1S/C25H33N3O2.ClH/c1-16(2)19-12-11-17(3)14-21(19)25(30)28-15-22(18-8-5-4-6-9-18)20-10-7-13-27-23(20)24(26)29;/h4-10,13,16-17,19,21-22H,11-12,14-15H2,1-3H3,(H2,26,29)(H,28,30);1H/t17-,19+,21-,22+;/m1./s1. The number of nitrogens with zero attached hydrogens (tertiary/aromatic N) is 1. The number of aromatic nitrogens is 1. The Hall–Kier alpha value is -2.40. The van der Waals surface area contributed by atoms with Gasteiger partial charge in [0.05, 0.1) is 0 Å². The number of nitrogens with one attached hydrogen (secondary N) is 1. The van der Waals surface area contributed by atoms with E-state index in [0.29, 0.717) is 24.3 Å². The van der Waals surface area contributed by atoms with Gasteiger partial charge in [-0.25, -0.2) is 0 Å². The lowest BCUT2D eigenvalue weighted by Gasteiger charge is -2.36. The van der Waals surface area contributed by atoms with E-state index in [0.717, 1.165) is 24.0 Å². The van der Waals surface area contributed by atoms with Crippen molar-refractivity contribution in [2.24, 2.45) is 29.4 Å². The summed E-state index contributed by atoms with van der Waals surface area (Å²) in [6.07, 6.45) is 4.80. The zero-order chi connectivity index (χ0) is 21.7. The van der Waals surface area contributed by atoms with Gasteiger partial charge in [-0.1, -0.05) is 63.6 Å². The van der Waals surface area contributed by atoms with Gasteiger partial charge >= 0.3 is 0 Å². The topological polar surface area (TPSA) is 85.1 Å². The third-order valence-electron chi connectivity index (χ3n) is 6.49. The molecule has 1 fully saturated rings. The number of pyridine rings is 1. The summed E-state index contributed by atoms with van der Waals surface area (Å²) in [4.78, 5) is 29.4. The van der Waals surface area contributed by atoms with E-state index < -0.39 is 5.91 Å². The van der Waals surface area contributed by atoms with Gasteiger partial charge in [0.25, 0.3) is 5.91 Å². The van der Waals surface area contributed by atoms with Crippen LogP contribution < -0.4 is 11.1 Å². The summed E-state index contributed by atoms with van der Waals surface area (Å²) in [5.41, 5.74) is 7.60. The van der Waals surface area contributed by atoms with Crippen molar-refractivity contribution < 1.29 is 9.59 Å². The summed E-state index contributed by atoms with van der Waals surface area (Å²) in [5.74, 6) is 0.874. The molecule has 1 heterocycles. The predicted molar refractivity (Wildman–Crippen MR) is 126 cm³/mol. The van der Waals surface area contributed by atoms with Crippen LogP contribution >= 0.6 is 12.4 Å². The number of rotatable bonds is 7.